The van der Waals surface area contributed by atoms with Crippen molar-refractivity contribution in [2.45, 2.75) is 32.2 Å². The van der Waals surface area contributed by atoms with Gasteiger partial charge in [-0.15, -0.1) is 4.83 Å². The molecule has 1 unspecified atom stereocenters. The van der Waals surface area contributed by atoms with E-state index >= 15 is 0 Å². The van der Waals surface area contributed by atoms with Crippen molar-refractivity contribution in [3.63, 3.8) is 0 Å². The van der Waals surface area contributed by atoms with Crippen LogP contribution in [0, 0.1) is 0 Å². The molecule has 0 aromatic carbocycles. The summed E-state index contributed by atoms with van der Waals surface area (Å²) in [6.07, 6.45) is 2.97. The SMILES string of the molecule is CCNCC1CCCCN1S(=O)(=O)NN(C)C. The van der Waals surface area contributed by atoms with Crippen molar-refractivity contribution in [2.75, 3.05) is 33.7 Å². The number of hydrazine groups is 1. The molecule has 0 bridgehead atoms. The fourth-order valence-corrected chi connectivity index (χ4v) is 3.60. The second-order valence-electron chi connectivity index (χ2n) is 4.56. The van der Waals surface area contributed by atoms with E-state index in [1.54, 1.807) is 18.4 Å². The minimum absolute atomic E-state index is 0.0705. The zero-order valence-electron chi connectivity index (χ0n) is 10.9. The van der Waals surface area contributed by atoms with E-state index in [0.29, 0.717) is 6.54 Å². The molecule has 0 spiro atoms. The minimum atomic E-state index is -3.39. The van der Waals surface area contributed by atoms with E-state index in [4.69, 9.17) is 0 Å². The van der Waals surface area contributed by atoms with Crippen molar-refractivity contribution in [2.24, 2.45) is 0 Å². The van der Waals surface area contributed by atoms with E-state index < -0.39 is 10.2 Å². The summed E-state index contributed by atoms with van der Waals surface area (Å²) >= 11 is 0. The highest BCUT2D eigenvalue weighted by Crippen LogP contribution is 2.19. The molecule has 1 atom stereocenters. The number of hydrogen-bond donors (Lipinski definition) is 2. The first-order valence-electron chi connectivity index (χ1n) is 6.14. The average molecular weight is 264 g/mol. The lowest BCUT2D eigenvalue weighted by Gasteiger charge is -2.35. The Morgan fingerprint density at radius 2 is 2.06 bits per heavy atom. The van der Waals surface area contributed by atoms with E-state index in [1.165, 1.54) is 5.01 Å². The molecule has 6 nitrogen and oxygen atoms in total. The largest absolute Gasteiger partial charge is 0.315 e. The summed E-state index contributed by atoms with van der Waals surface area (Å²) in [7, 11) is -0.0302. The van der Waals surface area contributed by atoms with Crippen LogP contribution in [0.2, 0.25) is 0 Å². The third kappa shape index (κ3) is 4.51. The smallest absolute Gasteiger partial charge is 0.292 e. The Kier molecular flexibility index (Phi) is 5.81. The Morgan fingerprint density at radius 1 is 1.35 bits per heavy atom. The predicted molar refractivity (Wildman–Crippen MR) is 68.6 cm³/mol. The quantitative estimate of drug-likeness (QED) is 0.650. The van der Waals surface area contributed by atoms with Gasteiger partial charge in [-0.25, -0.2) is 5.01 Å². The summed E-state index contributed by atoms with van der Waals surface area (Å²) in [5.41, 5.74) is 0. The highest BCUT2D eigenvalue weighted by Gasteiger charge is 2.32. The highest BCUT2D eigenvalue weighted by atomic mass is 32.2. The summed E-state index contributed by atoms with van der Waals surface area (Å²) < 4.78 is 25.8. The lowest BCUT2D eigenvalue weighted by Crippen LogP contribution is -2.54. The molecule has 0 saturated carbocycles. The molecular formula is C10H24N4O2S. The minimum Gasteiger partial charge on any atom is -0.315 e. The van der Waals surface area contributed by atoms with Gasteiger partial charge in [0, 0.05) is 33.2 Å². The van der Waals surface area contributed by atoms with Crippen LogP contribution in [0.25, 0.3) is 0 Å². The first kappa shape index (κ1) is 14.8. The molecular weight excluding hydrogens is 240 g/mol. The first-order chi connectivity index (χ1) is 7.97. The zero-order valence-corrected chi connectivity index (χ0v) is 11.8. The van der Waals surface area contributed by atoms with Crippen molar-refractivity contribution in [3.05, 3.63) is 0 Å². The number of rotatable bonds is 6. The summed E-state index contributed by atoms with van der Waals surface area (Å²) in [6, 6.07) is 0.0705. The normalized spacial score (nSPS) is 23.2. The van der Waals surface area contributed by atoms with Gasteiger partial charge in [-0.2, -0.15) is 12.7 Å². The number of hydrogen-bond acceptors (Lipinski definition) is 4. The molecule has 0 aliphatic carbocycles. The molecule has 0 aromatic heterocycles. The monoisotopic (exact) mass is 264 g/mol. The highest BCUT2D eigenvalue weighted by molar-refractivity contribution is 7.87. The lowest BCUT2D eigenvalue weighted by atomic mass is 10.1. The van der Waals surface area contributed by atoms with Crippen LogP contribution in [-0.2, 0) is 10.2 Å². The van der Waals surface area contributed by atoms with Gasteiger partial charge in [0.15, 0.2) is 0 Å². The fraction of sp³-hybridized carbons (Fsp3) is 1.00. The molecule has 1 aliphatic heterocycles. The van der Waals surface area contributed by atoms with Gasteiger partial charge in [0.05, 0.1) is 0 Å². The first-order valence-corrected chi connectivity index (χ1v) is 7.58. The molecule has 1 rings (SSSR count). The fourth-order valence-electron chi connectivity index (χ4n) is 2.09. The van der Waals surface area contributed by atoms with Gasteiger partial charge in [-0.05, 0) is 19.4 Å². The molecule has 1 aliphatic rings. The maximum Gasteiger partial charge on any atom is 0.292 e. The van der Waals surface area contributed by atoms with Gasteiger partial charge in [-0.3, -0.25) is 0 Å². The third-order valence-electron chi connectivity index (χ3n) is 2.81. The molecule has 102 valence electrons. The predicted octanol–water partition coefficient (Wildman–Crippen LogP) is -0.239. The van der Waals surface area contributed by atoms with E-state index in [1.807, 2.05) is 6.92 Å². The van der Waals surface area contributed by atoms with Crippen LogP contribution in [-0.4, -0.2) is 57.5 Å². The second kappa shape index (κ2) is 6.65. The van der Waals surface area contributed by atoms with Crippen molar-refractivity contribution in [1.82, 2.24) is 19.5 Å². The molecule has 17 heavy (non-hydrogen) atoms. The molecule has 1 fully saturated rings. The van der Waals surface area contributed by atoms with E-state index in [0.717, 1.165) is 32.4 Å². The van der Waals surface area contributed by atoms with Gasteiger partial charge in [-0.1, -0.05) is 13.3 Å². The Bertz CT molecular complexity index is 318. The Labute approximate surface area is 105 Å². The van der Waals surface area contributed by atoms with Crippen LogP contribution in [0.15, 0.2) is 0 Å². The summed E-state index contributed by atoms with van der Waals surface area (Å²) in [6.45, 7) is 4.23. The lowest BCUT2D eigenvalue weighted by molar-refractivity contribution is 0.232. The van der Waals surface area contributed by atoms with Crippen LogP contribution in [0.5, 0.6) is 0 Å². The summed E-state index contributed by atoms with van der Waals surface area (Å²) in [4.78, 5) is 2.50. The number of nitrogens with one attached hydrogen (secondary N) is 2. The Morgan fingerprint density at radius 3 is 2.65 bits per heavy atom. The standard InChI is InChI=1S/C10H24N4O2S/c1-4-11-9-10-7-5-6-8-14(10)17(15,16)12-13(2)3/h10-12H,4-9H2,1-3H3. The molecule has 1 heterocycles. The van der Waals surface area contributed by atoms with Crippen molar-refractivity contribution >= 4 is 10.2 Å². The second-order valence-corrected chi connectivity index (χ2v) is 6.16. The van der Waals surface area contributed by atoms with Crippen LogP contribution < -0.4 is 10.1 Å². The van der Waals surface area contributed by atoms with Crippen molar-refractivity contribution in [1.29, 1.82) is 0 Å². The van der Waals surface area contributed by atoms with Crippen molar-refractivity contribution in [3.8, 4) is 0 Å². The topological polar surface area (TPSA) is 64.7 Å². The van der Waals surface area contributed by atoms with Gasteiger partial charge in [0.25, 0.3) is 10.2 Å². The molecule has 0 aromatic rings. The molecule has 2 N–H and O–H groups in total. The number of piperidine rings is 1. The van der Waals surface area contributed by atoms with Gasteiger partial charge >= 0.3 is 0 Å². The average Bonchev–Trinajstić information content (AvgIpc) is 2.25. The van der Waals surface area contributed by atoms with Gasteiger partial charge in [0.2, 0.25) is 0 Å². The molecule has 7 heteroatoms. The molecule has 0 radical (unpaired) electrons. The van der Waals surface area contributed by atoms with Crippen LogP contribution in [0.4, 0.5) is 0 Å². The molecule has 1 saturated heterocycles. The van der Waals surface area contributed by atoms with Crippen molar-refractivity contribution < 1.29 is 8.42 Å². The maximum absolute atomic E-state index is 12.1. The van der Waals surface area contributed by atoms with E-state index in [2.05, 4.69) is 10.1 Å². The molecule has 0 amide bonds. The van der Waals surface area contributed by atoms with E-state index in [-0.39, 0.29) is 6.04 Å². The number of likely N-dealkylation sites (N-methyl/N-ethyl adjacent to an activating group) is 1. The van der Waals surface area contributed by atoms with Gasteiger partial charge in [0.1, 0.15) is 0 Å². The van der Waals surface area contributed by atoms with E-state index in [9.17, 15) is 8.42 Å². The summed E-state index contributed by atoms with van der Waals surface area (Å²) in [5.74, 6) is 0. The Balaban J connectivity index is 2.69. The van der Waals surface area contributed by atoms with Crippen LogP contribution in [0.1, 0.15) is 26.2 Å². The van der Waals surface area contributed by atoms with Crippen LogP contribution >= 0.6 is 0 Å². The Hall–Kier alpha value is -0.210. The number of nitrogens with zero attached hydrogens (tertiary/aromatic N) is 2. The maximum atomic E-state index is 12.1. The zero-order chi connectivity index (χ0) is 12.9. The van der Waals surface area contributed by atoms with Crippen LogP contribution in [0.3, 0.4) is 0 Å². The van der Waals surface area contributed by atoms with Gasteiger partial charge < -0.3 is 5.32 Å². The summed E-state index contributed by atoms with van der Waals surface area (Å²) in [5, 5.41) is 4.69. The third-order valence-corrected chi connectivity index (χ3v) is 4.50.